The SMILES string of the molecule is COCCN1CCN(C(=O)COC)CC1. The lowest BCUT2D eigenvalue weighted by Crippen LogP contribution is -2.50. The molecule has 0 saturated carbocycles. The Hall–Kier alpha value is -0.650. The van der Waals surface area contributed by atoms with Gasteiger partial charge in [0.1, 0.15) is 6.61 Å². The summed E-state index contributed by atoms with van der Waals surface area (Å²) in [5.41, 5.74) is 0. The standard InChI is InChI=1S/C10H20N2O3/c1-14-8-7-11-3-5-12(6-4-11)10(13)9-15-2/h3-9H2,1-2H3. The molecule has 88 valence electrons. The largest absolute Gasteiger partial charge is 0.383 e. The number of hydrogen-bond acceptors (Lipinski definition) is 4. The quantitative estimate of drug-likeness (QED) is 0.617. The van der Waals surface area contributed by atoms with Crippen molar-refractivity contribution in [3.05, 3.63) is 0 Å². The van der Waals surface area contributed by atoms with Gasteiger partial charge >= 0.3 is 0 Å². The first-order valence-corrected chi connectivity index (χ1v) is 5.26. The zero-order valence-corrected chi connectivity index (χ0v) is 9.57. The monoisotopic (exact) mass is 216 g/mol. The van der Waals surface area contributed by atoms with Crippen molar-refractivity contribution in [2.75, 3.05) is 60.2 Å². The maximum absolute atomic E-state index is 11.5. The average Bonchev–Trinajstić information content (AvgIpc) is 2.27. The number of hydrogen-bond donors (Lipinski definition) is 0. The van der Waals surface area contributed by atoms with E-state index in [1.165, 1.54) is 0 Å². The molecule has 5 heteroatoms. The summed E-state index contributed by atoms with van der Waals surface area (Å²) in [5, 5.41) is 0. The van der Waals surface area contributed by atoms with Crippen LogP contribution in [0, 0.1) is 0 Å². The van der Waals surface area contributed by atoms with Gasteiger partial charge in [-0.25, -0.2) is 0 Å². The van der Waals surface area contributed by atoms with E-state index >= 15 is 0 Å². The van der Waals surface area contributed by atoms with E-state index < -0.39 is 0 Å². The predicted octanol–water partition coefficient (Wildman–Crippen LogP) is -0.577. The molecule has 1 fully saturated rings. The molecule has 1 aliphatic heterocycles. The van der Waals surface area contributed by atoms with E-state index in [1.807, 2.05) is 4.90 Å². The van der Waals surface area contributed by atoms with Crippen LogP contribution in [0.15, 0.2) is 0 Å². The van der Waals surface area contributed by atoms with E-state index in [0.29, 0.717) is 0 Å². The molecule has 0 aromatic rings. The topological polar surface area (TPSA) is 42.0 Å². The van der Waals surface area contributed by atoms with Gasteiger partial charge in [-0.2, -0.15) is 0 Å². The van der Waals surface area contributed by atoms with Gasteiger partial charge in [0.25, 0.3) is 0 Å². The lowest BCUT2D eigenvalue weighted by atomic mass is 10.3. The first-order chi connectivity index (χ1) is 7.27. The molecule has 0 N–H and O–H groups in total. The second kappa shape index (κ2) is 6.76. The molecule has 0 spiro atoms. The molecule has 5 nitrogen and oxygen atoms in total. The highest BCUT2D eigenvalue weighted by Gasteiger charge is 2.20. The molecule has 0 radical (unpaired) electrons. The Morgan fingerprint density at radius 3 is 2.33 bits per heavy atom. The summed E-state index contributed by atoms with van der Waals surface area (Å²) in [6.45, 7) is 5.35. The third kappa shape index (κ3) is 4.15. The maximum atomic E-state index is 11.5. The van der Waals surface area contributed by atoms with Gasteiger partial charge in [0, 0.05) is 46.9 Å². The Kier molecular flexibility index (Phi) is 5.60. The minimum atomic E-state index is 0.0869. The van der Waals surface area contributed by atoms with E-state index in [2.05, 4.69) is 4.90 Å². The Bertz CT molecular complexity index is 191. The summed E-state index contributed by atoms with van der Waals surface area (Å²) in [4.78, 5) is 15.6. The van der Waals surface area contributed by atoms with Gasteiger partial charge in [-0.15, -0.1) is 0 Å². The number of nitrogens with zero attached hydrogens (tertiary/aromatic N) is 2. The first kappa shape index (κ1) is 12.4. The molecule has 0 aromatic heterocycles. The molecule has 0 bridgehead atoms. The predicted molar refractivity (Wildman–Crippen MR) is 56.8 cm³/mol. The third-order valence-corrected chi connectivity index (χ3v) is 2.60. The van der Waals surface area contributed by atoms with Gasteiger partial charge < -0.3 is 14.4 Å². The molecule has 0 aliphatic carbocycles. The third-order valence-electron chi connectivity index (χ3n) is 2.60. The summed E-state index contributed by atoms with van der Waals surface area (Å²) in [6.07, 6.45) is 0. The van der Waals surface area contributed by atoms with E-state index in [1.54, 1.807) is 14.2 Å². The number of ether oxygens (including phenoxy) is 2. The highest BCUT2D eigenvalue weighted by Crippen LogP contribution is 2.01. The van der Waals surface area contributed by atoms with Crippen molar-refractivity contribution >= 4 is 5.91 Å². The highest BCUT2D eigenvalue weighted by molar-refractivity contribution is 5.77. The van der Waals surface area contributed by atoms with E-state index in [4.69, 9.17) is 9.47 Å². The Morgan fingerprint density at radius 1 is 1.13 bits per heavy atom. The Morgan fingerprint density at radius 2 is 1.80 bits per heavy atom. The van der Waals surface area contributed by atoms with Crippen molar-refractivity contribution in [1.29, 1.82) is 0 Å². The van der Waals surface area contributed by atoms with Crippen LogP contribution in [-0.2, 0) is 14.3 Å². The molecule has 1 saturated heterocycles. The van der Waals surface area contributed by atoms with Gasteiger partial charge in [0.15, 0.2) is 0 Å². The van der Waals surface area contributed by atoms with Crippen molar-refractivity contribution in [2.45, 2.75) is 0 Å². The normalized spacial score (nSPS) is 18.1. The van der Waals surface area contributed by atoms with E-state index in [0.717, 1.165) is 39.3 Å². The highest BCUT2D eigenvalue weighted by atomic mass is 16.5. The number of carbonyl (C=O) groups is 1. The van der Waals surface area contributed by atoms with Crippen molar-refractivity contribution in [2.24, 2.45) is 0 Å². The second-order valence-electron chi connectivity index (χ2n) is 3.65. The molecule has 15 heavy (non-hydrogen) atoms. The summed E-state index contributed by atoms with van der Waals surface area (Å²) in [6, 6.07) is 0. The van der Waals surface area contributed by atoms with Crippen LogP contribution in [-0.4, -0.2) is 75.9 Å². The molecule has 0 atom stereocenters. The van der Waals surface area contributed by atoms with Crippen molar-refractivity contribution in [1.82, 2.24) is 9.80 Å². The van der Waals surface area contributed by atoms with E-state index in [9.17, 15) is 4.79 Å². The molecule has 0 unspecified atom stereocenters. The van der Waals surface area contributed by atoms with E-state index in [-0.39, 0.29) is 12.5 Å². The second-order valence-corrected chi connectivity index (χ2v) is 3.65. The van der Waals surface area contributed by atoms with Crippen LogP contribution in [0.3, 0.4) is 0 Å². The summed E-state index contributed by atoms with van der Waals surface area (Å²) >= 11 is 0. The number of piperazine rings is 1. The summed E-state index contributed by atoms with van der Waals surface area (Å²) in [5.74, 6) is 0.0869. The van der Waals surface area contributed by atoms with Crippen molar-refractivity contribution in [3.8, 4) is 0 Å². The maximum Gasteiger partial charge on any atom is 0.248 e. The number of rotatable bonds is 5. The summed E-state index contributed by atoms with van der Waals surface area (Å²) < 4.78 is 9.84. The molecular formula is C10H20N2O3. The molecule has 0 aromatic carbocycles. The van der Waals surface area contributed by atoms with Crippen LogP contribution in [0.2, 0.25) is 0 Å². The fourth-order valence-electron chi connectivity index (χ4n) is 1.66. The smallest absolute Gasteiger partial charge is 0.248 e. The minimum Gasteiger partial charge on any atom is -0.383 e. The van der Waals surface area contributed by atoms with Crippen LogP contribution in [0.1, 0.15) is 0 Å². The number of amides is 1. The zero-order valence-electron chi connectivity index (χ0n) is 9.57. The van der Waals surface area contributed by atoms with Gasteiger partial charge in [-0.1, -0.05) is 0 Å². The number of carbonyl (C=O) groups excluding carboxylic acids is 1. The van der Waals surface area contributed by atoms with Gasteiger partial charge in [0.2, 0.25) is 5.91 Å². The Labute approximate surface area is 90.9 Å². The Balaban J connectivity index is 2.20. The van der Waals surface area contributed by atoms with Crippen LogP contribution < -0.4 is 0 Å². The summed E-state index contributed by atoms with van der Waals surface area (Å²) in [7, 11) is 3.26. The van der Waals surface area contributed by atoms with Crippen LogP contribution in [0.25, 0.3) is 0 Å². The van der Waals surface area contributed by atoms with Gasteiger partial charge in [-0.05, 0) is 0 Å². The van der Waals surface area contributed by atoms with Crippen LogP contribution in [0.5, 0.6) is 0 Å². The van der Waals surface area contributed by atoms with Crippen molar-refractivity contribution in [3.63, 3.8) is 0 Å². The lowest BCUT2D eigenvalue weighted by molar-refractivity contribution is -0.136. The van der Waals surface area contributed by atoms with Crippen LogP contribution in [0.4, 0.5) is 0 Å². The van der Waals surface area contributed by atoms with Gasteiger partial charge in [-0.3, -0.25) is 9.69 Å². The molecule has 1 rings (SSSR count). The fourth-order valence-corrected chi connectivity index (χ4v) is 1.66. The number of methoxy groups -OCH3 is 2. The average molecular weight is 216 g/mol. The molecular weight excluding hydrogens is 196 g/mol. The molecule has 1 aliphatic rings. The van der Waals surface area contributed by atoms with Crippen molar-refractivity contribution < 1.29 is 14.3 Å². The van der Waals surface area contributed by atoms with Gasteiger partial charge in [0.05, 0.1) is 6.61 Å². The minimum absolute atomic E-state index is 0.0869. The fraction of sp³-hybridized carbons (Fsp3) is 0.900. The first-order valence-electron chi connectivity index (χ1n) is 5.26. The zero-order chi connectivity index (χ0) is 11.1. The van der Waals surface area contributed by atoms with Crippen LogP contribution >= 0.6 is 0 Å². The molecule has 1 heterocycles. The lowest BCUT2D eigenvalue weighted by Gasteiger charge is -2.34. The molecule has 1 amide bonds.